The number of aliphatic carboxylic acids is 1. The van der Waals surface area contributed by atoms with E-state index in [9.17, 15) is 9.59 Å². The molecule has 17 heavy (non-hydrogen) atoms. The summed E-state index contributed by atoms with van der Waals surface area (Å²) in [4.78, 5) is 24.3. The van der Waals surface area contributed by atoms with Crippen molar-refractivity contribution in [2.75, 3.05) is 19.6 Å². The fourth-order valence-corrected chi connectivity index (χ4v) is 2.12. The minimum Gasteiger partial charge on any atom is -0.480 e. The van der Waals surface area contributed by atoms with Crippen LogP contribution in [-0.2, 0) is 9.59 Å². The summed E-state index contributed by atoms with van der Waals surface area (Å²) >= 11 is 0. The van der Waals surface area contributed by atoms with Crippen LogP contribution < -0.4 is 5.32 Å². The van der Waals surface area contributed by atoms with Gasteiger partial charge in [-0.1, -0.05) is 6.92 Å². The molecule has 1 rings (SSSR count). The van der Waals surface area contributed by atoms with E-state index in [2.05, 4.69) is 17.1 Å². The molecule has 1 aliphatic rings. The fourth-order valence-electron chi connectivity index (χ4n) is 2.12. The van der Waals surface area contributed by atoms with E-state index in [-0.39, 0.29) is 5.91 Å². The molecule has 1 aliphatic heterocycles. The van der Waals surface area contributed by atoms with Crippen molar-refractivity contribution in [3.05, 3.63) is 0 Å². The van der Waals surface area contributed by atoms with Crippen molar-refractivity contribution in [2.24, 2.45) is 5.92 Å². The number of hydrogen-bond acceptors (Lipinski definition) is 3. The number of nitrogens with one attached hydrogen (secondary N) is 1. The number of amides is 1. The van der Waals surface area contributed by atoms with Gasteiger partial charge in [0, 0.05) is 19.5 Å². The Balaban J connectivity index is 2.21. The molecule has 0 aliphatic carbocycles. The van der Waals surface area contributed by atoms with Crippen LogP contribution in [-0.4, -0.2) is 47.6 Å². The molecule has 0 bridgehead atoms. The molecule has 0 aromatic rings. The van der Waals surface area contributed by atoms with Gasteiger partial charge in [-0.15, -0.1) is 0 Å². The summed E-state index contributed by atoms with van der Waals surface area (Å²) in [5.41, 5.74) is 0. The number of likely N-dealkylation sites (tertiary alicyclic amines) is 1. The van der Waals surface area contributed by atoms with Crippen LogP contribution in [0.4, 0.5) is 0 Å². The van der Waals surface area contributed by atoms with Gasteiger partial charge in [-0.05, 0) is 32.2 Å². The highest BCUT2D eigenvalue weighted by Gasteiger charge is 2.18. The molecule has 0 spiro atoms. The van der Waals surface area contributed by atoms with Crippen molar-refractivity contribution in [1.82, 2.24) is 10.2 Å². The molecule has 1 amide bonds. The summed E-state index contributed by atoms with van der Waals surface area (Å²) in [5, 5.41) is 11.1. The van der Waals surface area contributed by atoms with Crippen molar-refractivity contribution < 1.29 is 14.7 Å². The van der Waals surface area contributed by atoms with E-state index in [0.29, 0.717) is 12.3 Å². The molecule has 0 saturated carbocycles. The molecular weight excluding hydrogens is 220 g/mol. The zero-order valence-corrected chi connectivity index (χ0v) is 10.6. The number of carboxylic acids is 1. The lowest BCUT2D eigenvalue weighted by Gasteiger charge is -2.30. The Morgan fingerprint density at radius 1 is 1.53 bits per heavy atom. The molecule has 98 valence electrons. The van der Waals surface area contributed by atoms with E-state index in [0.717, 1.165) is 19.6 Å². The van der Waals surface area contributed by atoms with Gasteiger partial charge in [0.1, 0.15) is 6.04 Å². The summed E-state index contributed by atoms with van der Waals surface area (Å²) in [7, 11) is 0. The van der Waals surface area contributed by atoms with Crippen LogP contribution in [0.3, 0.4) is 0 Å². The first-order valence-electron chi connectivity index (χ1n) is 6.23. The Bertz CT molecular complexity index is 281. The number of piperidine rings is 1. The Kier molecular flexibility index (Phi) is 5.41. The number of hydrogen-bond donors (Lipinski definition) is 2. The van der Waals surface area contributed by atoms with Gasteiger partial charge in [-0.2, -0.15) is 0 Å². The Morgan fingerprint density at radius 3 is 2.82 bits per heavy atom. The number of carbonyl (C=O) groups is 2. The zero-order valence-electron chi connectivity index (χ0n) is 10.6. The fraction of sp³-hybridized carbons (Fsp3) is 0.833. The summed E-state index contributed by atoms with van der Waals surface area (Å²) in [6.45, 7) is 6.51. The largest absolute Gasteiger partial charge is 0.480 e. The summed E-state index contributed by atoms with van der Waals surface area (Å²) in [5.74, 6) is -0.479. The average Bonchev–Trinajstić information content (AvgIpc) is 2.26. The van der Waals surface area contributed by atoms with Crippen molar-refractivity contribution in [3.63, 3.8) is 0 Å². The van der Waals surface area contributed by atoms with Gasteiger partial charge in [0.05, 0.1) is 0 Å². The molecule has 1 saturated heterocycles. The van der Waals surface area contributed by atoms with Crippen LogP contribution in [0.5, 0.6) is 0 Å². The first-order valence-corrected chi connectivity index (χ1v) is 6.23. The van der Waals surface area contributed by atoms with Gasteiger partial charge < -0.3 is 15.3 Å². The molecule has 1 heterocycles. The number of carbonyl (C=O) groups excluding carboxylic acids is 1. The highest BCUT2D eigenvalue weighted by atomic mass is 16.4. The summed E-state index contributed by atoms with van der Waals surface area (Å²) in [6, 6.07) is -0.803. The zero-order chi connectivity index (χ0) is 12.8. The molecule has 0 aromatic carbocycles. The standard InChI is InChI=1S/C12H22N2O3/c1-9-4-3-6-14(8-9)7-5-11(15)13-10(2)12(16)17/h9-10H,3-8H2,1-2H3,(H,13,15)(H,16,17). The first-order chi connectivity index (χ1) is 7.99. The van der Waals surface area contributed by atoms with Gasteiger partial charge >= 0.3 is 5.97 Å². The van der Waals surface area contributed by atoms with Crippen molar-refractivity contribution in [3.8, 4) is 0 Å². The van der Waals surface area contributed by atoms with E-state index in [1.807, 2.05) is 0 Å². The van der Waals surface area contributed by atoms with Crippen molar-refractivity contribution >= 4 is 11.9 Å². The van der Waals surface area contributed by atoms with E-state index in [1.54, 1.807) is 0 Å². The topological polar surface area (TPSA) is 69.6 Å². The quantitative estimate of drug-likeness (QED) is 0.744. The molecule has 2 N–H and O–H groups in total. The lowest BCUT2D eigenvalue weighted by molar-refractivity contribution is -0.141. The van der Waals surface area contributed by atoms with Crippen molar-refractivity contribution in [1.29, 1.82) is 0 Å². The van der Waals surface area contributed by atoms with Gasteiger partial charge in [-0.25, -0.2) is 0 Å². The van der Waals surface area contributed by atoms with E-state index in [1.165, 1.54) is 19.8 Å². The predicted octanol–water partition coefficient (Wildman–Crippen LogP) is 0.698. The number of nitrogens with zero attached hydrogens (tertiary/aromatic N) is 1. The minimum absolute atomic E-state index is 0.182. The Hall–Kier alpha value is -1.10. The maximum Gasteiger partial charge on any atom is 0.325 e. The third-order valence-electron chi connectivity index (χ3n) is 3.14. The van der Waals surface area contributed by atoms with Crippen LogP contribution in [0.25, 0.3) is 0 Å². The molecule has 0 aromatic heterocycles. The van der Waals surface area contributed by atoms with Crippen LogP contribution in [0.1, 0.15) is 33.1 Å². The molecule has 1 fully saturated rings. The first kappa shape index (κ1) is 14.0. The smallest absolute Gasteiger partial charge is 0.325 e. The second kappa shape index (κ2) is 6.59. The molecular formula is C12H22N2O3. The third kappa shape index (κ3) is 5.17. The Morgan fingerprint density at radius 2 is 2.24 bits per heavy atom. The Labute approximate surface area is 102 Å². The van der Waals surface area contributed by atoms with Gasteiger partial charge in [0.15, 0.2) is 0 Å². The van der Waals surface area contributed by atoms with E-state index < -0.39 is 12.0 Å². The maximum absolute atomic E-state index is 11.5. The molecule has 5 heteroatoms. The summed E-state index contributed by atoms with van der Waals surface area (Å²) < 4.78 is 0. The van der Waals surface area contributed by atoms with Crippen molar-refractivity contribution in [2.45, 2.75) is 39.2 Å². The molecule has 2 atom stereocenters. The van der Waals surface area contributed by atoms with Crippen LogP contribution in [0.15, 0.2) is 0 Å². The number of rotatable bonds is 5. The molecule has 2 unspecified atom stereocenters. The normalized spacial score (nSPS) is 23.1. The molecule has 0 radical (unpaired) electrons. The highest BCUT2D eigenvalue weighted by molar-refractivity contribution is 5.83. The van der Waals surface area contributed by atoms with E-state index >= 15 is 0 Å². The number of carboxylic acid groups (broad SMARTS) is 1. The minimum atomic E-state index is -0.995. The van der Waals surface area contributed by atoms with Gasteiger partial charge in [0.2, 0.25) is 5.91 Å². The monoisotopic (exact) mass is 242 g/mol. The highest BCUT2D eigenvalue weighted by Crippen LogP contribution is 2.15. The second-order valence-electron chi connectivity index (χ2n) is 4.93. The lowest BCUT2D eigenvalue weighted by Crippen LogP contribution is -2.41. The predicted molar refractivity (Wildman–Crippen MR) is 64.7 cm³/mol. The van der Waals surface area contributed by atoms with Crippen LogP contribution in [0, 0.1) is 5.92 Å². The van der Waals surface area contributed by atoms with Crippen LogP contribution in [0.2, 0.25) is 0 Å². The molecule has 5 nitrogen and oxygen atoms in total. The SMILES string of the molecule is CC1CCCN(CCC(=O)NC(C)C(=O)O)C1. The van der Waals surface area contributed by atoms with E-state index in [4.69, 9.17) is 5.11 Å². The second-order valence-corrected chi connectivity index (χ2v) is 4.93. The maximum atomic E-state index is 11.5. The van der Waals surface area contributed by atoms with Gasteiger partial charge in [-0.3, -0.25) is 9.59 Å². The lowest BCUT2D eigenvalue weighted by atomic mass is 10.0. The van der Waals surface area contributed by atoms with Crippen LogP contribution >= 0.6 is 0 Å². The average molecular weight is 242 g/mol. The third-order valence-corrected chi connectivity index (χ3v) is 3.14. The summed E-state index contributed by atoms with van der Waals surface area (Å²) in [6.07, 6.45) is 2.83. The van der Waals surface area contributed by atoms with Gasteiger partial charge in [0.25, 0.3) is 0 Å².